The molecule has 1 aliphatic heterocycles. The number of hydrogen-bond donors (Lipinski definition) is 3. The van der Waals surface area contributed by atoms with Gasteiger partial charge in [0, 0.05) is 35.8 Å². The summed E-state index contributed by atoms with van der Waals surface area (Å²) in [4.78, 5) is 13.6. The highest BCUT2D eigenvalue weighted by Crippen LogP contribution is 2.39. The number of rotatable bonds is 9. The van der Waals surface area contributed by atoms with E-state index in [0.717, 1.165) is 31.5 Å². The molecule has 1 saturated heterocycles. The minimum Gasteiger partial charge on any atom is -0.437 e. The van der Waals surface area contributed by atoms with Gasteiger partial charge >= 0.3 is 0 Å². The van der Waals surface area contributed by atoms with E-state index < -0.39 is 15.8 Å². The van der Waals surface area contributed by atoms with Crippen LogP contribution < -0.4 is 20.1 Å². The second-order valence-corrected chi connectivity index (χ2v) is 12.2. The number of aromatic nitrogens is 3. The van der Waals surface area contributed by atoms with Gasteiger partial charge in [-0.1, -0.05) is 26.0 Å². The average Bonchev–Trinajstić information content (AvgIpc) is 2.92. The Morgan fingerprint density at radius 1 is 1.10 bits per heavy atom. The number of fused-ring (bicyclic) bond motifs is 1. The number of halogens is 1. The third kappa shape index (κ3) is 6.31. The quantitative estimate of drug-likeness (QED) is 0.244. The number of hydrogen-bond acceptors (Lipinski definition) is 8. The number of pyridine rings is 1. The van der Waals surface area contributed by atoms with Gasteiger partial charge in [-0.2, -0.15) is 0 Å². The number of nitrogens with one attached hydrogen (secondary N) is 3. The van der Waals surface area contributed by atoms with Crippen molar-refractivity contribution in [1.82, 2.24) is 20.3 Å². The molecule has 11 heteroatoms. The van der Waals surface area contributed by atoms with E-state index in [-0.39, 0.29) is 23.4 Å². The summed E-state index contributed by atoms with van der Waals surface area (Å²) in [6, 6.07) is 12.0. The van der Waals surface area contributed by atoms with Crippen LogP contribution in [0.15, 0.2) is 54.9 Å². The van der Waals surface area contributed by atoms with Gasteiger partial charge in [-0.15, -0.1) is 0 Å². The van der Waals surface area contributed by atoms with Crippen molar-refractivity contribution in [2.75, 3.05) is 28.9 Å². The van der Waals surface area contributed by atoms with Crippen molar-refractivity contribution in [3.8, 4) is 22.9 Å². The Morgan fingerprint density at radius 2 is 1.93 bits per heavy atom. The van der Waals surface area contributed by atoms with Crippen LogP contribution in [0.3, 0.4) is 0 Å². The van der Waals surface area contributed by atoms with Gasteiger partial charge in [0.15, 0.2) is 0 Å². The molecule has 0 radical (unpaired) electrons. The SMILES string of the molecule is Cc1ccc2c(NS(=O)(=O)CC(C)C)c(F)ccc2c1Oc1ncccc1-c1ccnc(NC2CCCNC2)n1. The van der Waals surface area contributed by atoms with E-state index in [1.54, 1.807) is 56.6 Å². The molecule has 1 aliphatic rings. The molecule has 40 heavy (non-hydrogen) atoms. The lowest BCUT2D eigenvalue weighted by atomic mass is 10.0. The second-order valence-electron chi connectivity index (χ2n) is 10.4. The molecule has 1 atom stereocenters. The fourth-order valence-electron chi connectivity index (χ4n) is 4.84. The third-order valence-corrected chi connectivity index (χ3v) is 8.26. The van der Waals surface area contributed by atoms with Crippen LogP contribution in [0.1, 0.15) is 32.3 Å². The summed E-state index contributed by atoms with van der Waals surface area (Å²) in [6.45, 7) is 7.32. The van der Waals surface area contributed by atoms with Crippen LogP contribution in [0, 0.1) is 18.7 Å². The van der Waals surface area contributed by atoms with Gasteiger partial charge < -0.3 is 15.4 Å². The normalized spacial score (nSPS) is 15.8. The van der Waals surface area contributed by atoms with Crippen molar-refractivity contribution >= 4 is 32.4 Å². The van der Waals surface area contributed by atoms with Crippen molar-refractivity contribution in [3.05, 3.63) is 66.2 Å². The zero-order chi connectivity index (χ0) is 28.3. The van der Waals surface area contributed by atoms with Crippen LogP contribution in [0.5, 0.6) is 11.6 Å². The predicted octanol–water partition coefficient (Wildman–Crippen LogP) is 5.49. The maximum absolute atomic E-state index is 14.9. The van der Waals surface area contributed by atoms with Crippen molar-refractivity contribution < 1.29 is 17.5 Å². The first-order valence-corrected chi connectivity index (χ1v) is 15.0. The Bertz CT molecular complexity index is 1620. The molecule has 3 heterocycles. The van der Waals surface area contributed by atoms with Gasteiger partial charge in [-0.3, -0.25) is 4.72 Å². The summed E-state index contributed by atoms with van der Waals surface area (Å²) in [5, 5.41) is 7.71. The van der Waals surface area contributed by atoms with Crippen LogP contribution in [0.4, 0.5) is 16.0 Å². The first-order valence-electron chi connectivity index (χ1n) is 13.4. The van der Waals surface area contributed by atoms with Crippen LogP contribution in [-0.2, 0) is 10.0 Å². The number of benzene rings is 2. The van der Waals surface area contributed by atoms with E-state index in [1.807, 2.05) is 13.0 Å². The molecule has 210 valence electrons. The van der Waals surface area contributed by atoms with Crippen molar-refractivity contribution in [3.63, 3.8) is 0 Å². The molecule has 0 bridgehead atoms. The zero-order valence-corrected chi connectivity index (χ0v) is 23.6. The summed E-state index contributed by atoms with van der Waals surface area (Å²) >= 11 is 0. The highest BCUT2D eigenvalue weighted by molar-refractivity contribution is 7.92. The summed E-state index contributed by atoms with van der Waals surface area (Å²) in [5.74, 6) is 0.382. The molecule has 0 amide bonds. The summed E-state index contributed by atoms with van der Waals surface area (Å²) in [5.41, 5.74) is 1.97. The zero-order valence-electron chi connectivity index (χ0n) is 22.7. The fraction of sp³-hybridized carbons (Fsp3) is 0.345. The number of ether oxygens (including phenoxy) is 1. The molecular formula is C29H33FN6O3S. The lowest BCUT2D eigenvalue weighted by molar-refractivity contribution is 0.466. The highest BCUT2D eigenvalue weighted by Gasteiger charge is 2.21. The average molecular weight is 565 g/mol. The molecule has 1 fully saturated rings. The van der Waals surface area contributed by atoms with E-state index >= 15 is 0 Å². The van der Waals surface area contributed by atoms with Crippen LogP contribution >= 0.6 is 0 Å². The Balaban J connectivity index is 1.50. The lowest BCUT2D eigenvalue weighted by Crippen LogP contribution is -2.38. The van der Waals surface area contributed by atoms with Crippen LogP contribution in [-0.4, -0.2) is 48.3 Å². The monoisotopic (exact) mass is 564 g/mol. The molecule has 0 aliphatic carbocycles. The predicted molar refractivity (Wildman–Crippen MR) is 156 cm³/mol. The molecule has 3 N–H and O–H groups in total. The van der Waals surface area contributed by atoms with Crippen molar-refractivity contribution in [1.29, 1.82) is 0 Å². The van der Waals surface area contributed by atoms with Crippen molar-refractivity contribution in [2.45, 2.75) is 39.7 Å². The van der Waals surface area contributed by atoms with Crippen LogP contribution in [0.25, 0.3) is 22.0 Å². The topological polar surface area (TPSA) is 118 Å². The van der Waals surface area contributed by atoms with Gasteiger partial charge in [0.2, 0.25) is 21.9 Å². The molecule has 0 spiro atoms. The first kappa shape index (κ1) is 27.7. The number of anilines is 2. The Kier molecular flexibility index (Phi) is 8.13. The maximum Gasteiger partial charge on any atom is 0.233 e. The standard InChI is InChI=1S/C29H33FN6O3S/c1-18(2)17-40(37,38)36-26-21-9-8-19(3)27(22(21)10-11-24(26)30)39-28-23(7-5-14-32-28)25-12-15-33-29(35-25)34-20-6-4-13-31-16-20/h5,7-12,14-15,18,20,31,36H,4,6,13,16-17H2,1-3H3,(H,33,34,35). The number of sulfonamides is 1. The third-order valence-electron chi connectivity index (χ3n) is 6.64. The summed E-state index contributed by atoms with van der Waals surface area (Å²) in [7, 11) is -3.75. The van der Waals surface area contributed by atoms with Gasteiger partial charge in [-0.25, -0.2) is 27.8 Å². The summed E-state index contributed by atoms with van der Waals surface area (Å²) in [6.07, 6.45) is 5.45. The molecule has 2 aromatic heterocycles. The molecule has 9 nitrogen and oxygen atoms in total. The Hall–Kier alpha value is -3.83. The van der Waals surface area contributed by atoms with E-state index in [1.165, 1.54) is 6.07 Å². The minimum atomic E-state index is -3.75. The minimum absolute atomic E-state index is 0.104. The molecule has 0 saturated carbocycles. The maximum atomic E-state index is 14.9. The van der Waals surface area contributed by atoms with E-state index in [9.17, 15) is 12.8 Å². The lowest BCUT2D eigenvalue weighted by Gasteiger charge is -2.23. The van der Waals surface area contributed by atoms with Gasteiger partial charge in [0.05, 0.1) is 22.7 Å². The first-order chi connectivity index (χ1) is 19.2. The number of nitrogens with zero attached hydrogens (tertiary/aromatic N) is 3. The van der Waals surface area contributed by atoms with Gasteiger partial charge in [0.25, 0.3) is 0 Å². The Labute approximate surface area is 233 Å². The highest BCUT2D eigenvalue weighted by atomic mass is 32.2. The number of piperidine rings is 1. The molecule has 1 unspecified atom stereocenters. The largest absolute Gasteiger partial charge is 0.437 e. The van der Waals surface area contributed by atoms with Gasteiger partial charge in [-0.05, 0) is 68.1 Å². The van der Waals surface area contributed by atoms with E-state index in [0.29, 0.717) is 39.6 Å². The molecule has 2 aromatic carbocycles. The van der Waals surface area contributed by atoms with Gasteiger partial charge in [0.1, 0.15) is 11.6 Å². The second kappa shape index (κ2) is 11.7. The van der Waals surface area contributed by atoms with E-state index in [4.69, 9.17) is 9.72 Å². The molecule has 5 rings (SSSR count). The smallest absolute Gasteiger partial charge is 0.233 e. The molecular weight excluding hydrogens is 531 g/mol. The molecule has 4 aromatic rings. The summed E-state index contributed by atoms with van der Waals surface area (Å²) < 4.78 is 49.1. The number of aryl methyl sites for hydroxylation is 1. The fourth-order valence-corrected chi connectivity index (χ4v) is 6.31. The van der Waals surface area contributed by atoms with Crippen LogP contribution in [0.2, 0.25) is 0 Å². The Morgan fingerprint density at radius 3 is 2.70 bits per heavy atom. The van der Waals surface area contributed by atoms with Crippen molar-refractivity contribution in [2.24, 2.45) is 5.92 Å². The van der Waals surface area contributed by atoms with E-state index in [2.05, 4.69) is 25.3 Å².